The number of aromatic nitrogens is 1. The molecule has 2 heterocycles. The number of aryl methyl sites for hydroxylation is 2. The summed E-state index contributed by atoms with van der Waals surface area (Å²) < 4.78 is 39.9. The van der Waals surface area contributed by atoms with Crippen molar-refractivity contribution in [3.63, 3.8) is 0 Å². The van der Waals surface area contributed by atoms with Gasteiger partial charge in [-0.3, -0.25) is 9.36 Å². The fourth-order valence-electron chi connectivity index (χ4n) is 3.33. The number of nitrogens with zero attached hydrogens (tertiary/aromatic N) is 1. The van der Waals surface area contributed by atoms with Gasteiger partial charge in [0.25, 0.3) is 5.56 Å². The Morgan fingerprint density at radius 2 is 1.87 bits per heavy atom. The summed E-state index contributed by atoms with van der Waals surface area (Å²) in [5, 5.41) is 0. The van der Waals surface area contributed by atoms with Crippen LogP contribution in [0.5, 0.6) is 5.75 Å². The smallest absolute Gasteiger partial charge is 0.273 e. The maximum atomic E-state index is 13.9. The maximum absolute atomic E-state index is 13.9. The first kappa shape index (κ1) is 21.1. The van der Waals surface area contributed by atoms with Crippen molar-refractivity contribution in [2.24, 2.45) is 0 Å². The van der Waals surface area contributed by atoms with Gasteiger partial charge >= 0.3 is 0 Å². The summed E-state index contributed by atoms with van der Waals surface area (Å²) in [6, 6.07) is 14.4. The van der Waals surface area contributed by atoms with E-state index in [1.54, 1.807) is 29.9 Å². The summed E-state index contributed by atoms with van der Waals surface area (Å²) in [7, 11) is 0. The molecule has 4 rings (SSSR count). The lowest BCUT2D eigenvalue weighted by Crippen LogP contribution is -2.23. The second kappa shape index (κ2) is 8.51. The second-order valence-corrected chi connectivity index (χ2v) is 7.90. The minimum atomic E-state index is -0.702. The molecule has 2 aromatic carbocycles. The molecule has 158 valence electrons. The number of pyridine rings is 1. The molecule has 0 spiro atoms. The number of ether oxygens (including phenoxy) is 1. The first-order valence-electron chi connectivity index (χ1n) is 9.49. The minimum Gasteiger partial charge on any atom is -0.487 e. The van der Waals surface area contributed by atoms with E-state index in [2.05, 4.69) is 15.9 Å². The van der Waals surface area contributed by atoms with E-state index in [1.165, 1.54) is 6.07 Å². The van der Waals surface area contributed by atoms with Gasteiger partial charge in [-0.2, -0.15) is 0 Å². The average Bonchev–Trinajstić information content (AvgIpc) is 3.27. The van der Waals surface area contributed by atoms with E-state index in [0.717, 1.165) is 23.3 Å². The quantitative estimate of drug-likeness (QED) is 0.331. The van der Waals surface area contributed by atoms with Gasteiger partial charge in [0, 0.05) is 29.0 Å². The van der Waals surface area contributed by atoms with Crippen molar-refractivity contribution in [2.75, 3.05) is 0 Å². The van der Waals surface area contributed by atoms with Crippen molar-refractivity contribution in [1.29, 1.82) is 0 Å². The zero-order valence-electron chi connectivity index (χ0n) is 16.8. The average molecular weight is 486 g/mol. The molecule has 0 saturated heterocycles. The molecule has 7 heteroatoms. The summed E-state index contributed by atoms with van der Waals surface area (Å²) in [6.07, 6.45) is 1.60. The zero-order chi connectivity index (χ0) is 22.1. The van der Waals surface area contributed by atoms with Crippen LogP contribution in [0.3, 0.4) is 0 Å². The zero-order valence-corrected chi connectivity index (χ0v) is 18.4. The van der Waals surface area contributed by atoms with Gasteiger partial charge in [-0.15, -0.1) is 0 Å². The third kappa shape index (κ3) is 4.18. The normalized spacial score (nSPS) is 11.0. The monoisotopic (exact) mass is 485 g/mol. The van der Waals surface area contributed by atoms with E-state index in [-0.39, 0.29) is 28.0 Å². The molecule has 0 saturated carbocycles. The van der Waals surface area contributed by atoms with Crippen LogP contribution in [0, 0.1) is 25.5 Å². The van der Waals surface area contributed by atoms with Crippen molar-refractivity contribution in [3.05, 3.63) is 104 Å². The molecule has 0 N–H and O–H groups in total. The Kier molecular flexibility index (Phi) is 5.78. The van der Waals surface area contributed by atoms with Crippen molar-refractivity contribution < 1.29 is 17.9 Å². The Morgan fingerprint density at radius 3 is 2.58 bits per heavy atom. The van der Waals surface area contributed by atoms with E-state index in [9.17, 15) is 13.6 Å². The lowest BCUT2D eigenvalue weighted by atomic mass is 10.1. The van der Waals surface area contributed by atoms with Gasteiger partial charge in [-0.1, -0.05) is 12.1 Å². The highest BCUT2D eigenvalue weighted by molar-refractivity contribution is 9.10. The summed E-state index contributed by atoms with van der Waals surface area (Å²) in [5.41, 5.74) is 3.00. The molecule has 0 bridgehead atoms. The molecule has 0 fully saturated rings. The number of hydrogen-bond donors (Lipinski definition) is 0. The molecule has 0 aliphatic carbocycles. The molecule has 0 aliphatic heterocycles. The van der Waals surface area contributed by atoms with Crippen molar-refractivity contribution in [2.45, 2.75) is 20.5 Å². The number of hydrogen-bond acceptors (Lipinski definition) is 3. The summed E-state index contributed by atoms with van der Waals surface area (Å²) in [6.45, 7) is 3.57. The van der Waals surface area contributed by atoms with Crippen molar-refractivity contribution >= 4 is 15.9 Å². The molecule has 4 aromatic rings. The van der Waals surface area contributed by atoms with Crippen LogP contribution < -0.4 is 10.3 Å². The fraction of sp³-hybridized carbons (Fsp3) is 0.125. The highest BCUT2D eigenvalue weighted by Crippen LogP contribution is 2.29. The largest absolute Gasteiger partial charge is 0.487 e. The molecule has 0 radical (unpaired) electrons. The van der Waals surface area contributed by atoms with Crippen LogP contribution in [0.2, 0.25) is 0 Å². The lowest BCUT2D eigenvalue weighted by molar-refractivity contribution is 0.296. The van der Waals surface area contributed by atoms with Crippen LogP contribution in [0.1, 0.15) is 16.8 Å². The number of benzene rings is 2. The predicted octanol–water partition coefficient (Wildman–Crippen LogP) is 6.33. The molecular weight excluding hydrogens is 468 g/mol. The first-order valence-corrected chi connectivity index (χ1v) is 10.3. The van der Waals surface area contributed by atoms with Gasteiger partial charge in [0.15, 0.2) is 0 Å². The fourth-order valence-corrected chi connectivity index (χ4v) is 3.73. The van der Waals surface area contributed by atoms with E-state index in [0.29, 0.717) is 17.1 Å². The first-order chi connectivity index (χ1) is 14.8. The molecule has 2 aromatic heterocycles. The lowest BCUT2D eigenvalue weighted by Gasteiger charge is -2.17. The van der Waals surface area contributed by atoms with Crippen molar-refractivity contribution in [3.8, 4) is 22.8 Å². The van der Waals surface area contributed by atoms with E-state index < -0.39 is 11.6 Å². The summed E-state index contributed by atoms with van der Waals surface area (Å²) >= 11 is 3.32. The van der Waals surface area contributed by atoms with Gasteiger partial charge in [0.2, 0.25) is 0 Å². The van der Waals surface area contributed by atoms with Gasteiger partial charge in [0.05, 0.1) is 12.0 Å². The van der Waals surface area contributed by atoms with Crippen LogP contribution in [0.4, 0.5) is 8.78 Å². The Labute approximate surface area is 185 Å². The van der Waals surface area contributed by atoms with Gasteiger partial charge in [-0.05, 0) is 65.7 Å². The van der Waals surface area contributed by atoms with E-state index in [4.69, 9.17) is 9.15 Å². The number of rotatable bonds is 5. The number of halogens is 3. The molecular formula is C24H18BrF2NO3. The summed E-state index contributed by atoms with van der Waals surface area (Å²) in [5.74, 6) is -0.380. The minimum absolute atomic E-state index is 0.138. The maximum Gasteiger partial charge on any atom is 0.273 e. The molecule has 4 nitrogen and oxygen atoms in total. The third-order valence-corrected chi connectivity index (χ3v) is 5.68. The standard InChI is InChI=1S/C24H18BrF2NO3/c1-14-5-6-16(21-4-3-9-30-21)11-20(14)28-15(2)10-22(23(25)24(28)29)31-13-17-7-8-18(26)12-19(17)27/h3-12H,13H2,1-2H3. The van der Waals surface area contributed by atoms with Crippen LogP contribution in [-0.2, 0) is 6.61 Å². The highest BCUT2D eigenvalue weighted by atomic mass is 79.9. The van der Waals surface area contributed by atoms with E-state index in [1.807, 2.05) is 31.2 Å². The molecule has 31 heavy (non-hydrogen) atoms. The SMILES string of the molecule is Cc1ccc(-c2ccco2)cc1-n1c(C)cc(OCc2ccc(F)cc2F)c(Br)c1=O. The topological polar surface area (TPSA) is 44.4 Å². The van der Waals surface area contributed by atoms with Gasteiger partial charge < -0.3 is 9.15 Å². The van der Waals surface area contributed by atoms with E-state index >= 15 is 0 Å². The predicted molar refractivity (Wildman–Crippen MR) is 118 cm³/mol. The van der Waals surface area contributed by atoms with Crippen LogP contribution in [0.15, 0.2) is 74.5 Å². The van der Waals surface area contributed by atoms with Crippen LogP contribution in [-0.4, -0.2) is 4.57 Å². The van der Waals surface area contributed by atoms with Gasteiger partial charge in [-0.25, -0.2) is 8.78 Å². The summed E-state index contributed by atoms with van der Waals surface area (Å²) in [4.78, 5) is 13.2. The third-order valence-electron chi connectivity index (χ3n) is 4.95. The molecule has 0 atom stereocenters. The molecule has 0 unspecified atom stereocenters. The Hall–Kier alpha value is -3.19. The Morgan fingerprint density at radius 1 is 1.06 bits per heavy atom. The highest BCUT2D eigenvalue weighted by Gasteiger charge is 2.16. The number of furan rings is 1. The Bertz CT molecular complexity index is 1310. The van der Waals surface area contributed by atoms with Gasteiger partial charge in [0.1, 0.15) is 34.2 Å². The van der Waals surface area contributed by atoms with Crippen molar-refractivity contribution in [1.82, 2.24) is 4.57 Å². The molecule has 0 aliphatic rings. The Balaban J connectivity index is 1.71. The molecule has 0 amide bonds. The van der Waals surface area contributed by atoms with Crippen LogP contribution >= 0.6 is 15.9 Å². The second-order valence-electron chi connectivity index (χ2n) is 7.11. The van der Waals surface area contributed by atoms with Crippen LogP contribution in [0.25, 0.3) is 17.0 Å².